The maximum atomic E-state index is 9.38. The lowest BCUT2D eigenvalue weighted by molar-refractivity contribution is 0.585. The molecule has 2 aromatic rings. The molecule has 0 spiro atoms. The van der Waals surface area contributed by atoms with Crippen LogP contribution < -0.4 is 4.90 Å². The van der Waals surface area contributed by atoms with Crippen LogP contribution in [0.1, 0.15) is 43.0 Å². The molecule has 0 bridgehead atoms. The van der Waals surface area contributed by atoms with Gasteiger partial charge >= 0.3 is 0 Å². The van der Waals surface area contributed by atoms with Crippen molar-refractivity contribution in [2.45, 2.75) is 32.6 Å². The van der Waals surface area contributed by atoms with Crippen LogP contribution in [0.15, 0.2) is 36.7 Å². The minimum absolute atomic E-state index is 0.371. The average molecular weight is 306 g/mol. The SMILES string of the molecule is CC(C)c1ccc(C#N)c(N2CCC(Cc3cccnc3)C2)n1. The average Bonchev–Trinajstić information content (AvgIpc) is 3.03. The minimum atomic E-state index is 0.371. The van der Waals surface area contributed by atoms with E-state index in [1.807, 2.05) is 30.6 Å². The Balaban J connectivity index is 1.76. The van der Waals surface area contributed by atoms with Gasteiger partial charge in [-0.05, 0) is 48.4 Å². The van der Waals surface area contributed by atoms with Crippen LogP contribution in [0.25, 0.3) is 0 Å². The van der Waals surface area contributed by atoms with E-state index in [1.165, 1.54) is 5.56 Å². The first-order valence-corrected chi connectivity index (χ1v) is 8.22. The number of rotatable bonds is 4. The van der Waals surface area contributed by atoms with Gasteiger partial charge in [0.2, 0.25) is 0 Å². The van der Waals surface area contributed by atoms with Gasteiger partial charge < -0.3 is 4.90 Å². The third-order valence-electron chi connectivity index (χ3n) is 4.44. The van der Waals surface area contributed by atoms with Crippen LogP contribution in [0, 0.1) is 17.2 Å². The Morgan fingerprint density at radius 3 is 2.91 bits per heavy atom. The van der Waals surface area contributed by atoms with Crippen LogP contribution in [-0.4, -0.2) is 23.1 Å². The first kappa shape index (κ1) is 15.5. The summed E-state index contributed by atoms with van der Waals surface area (Å²) < 4.78 is 0. The van der Waals surface area contributed by atoms with E-state index >= 15 is 0 Å². The monoisotopic (exact) mass is 306 g/mol. The normalized spacial score (nSPS) is 17.5. The van der Waals surface area contributed by atoms with Gasteiger partial charge in [-0.1, -0.05) is 19.9 Å². The second-order valence-corrected chi connectivity index (χ2v) is 6.54. The molecule has 2 aromatic heterocycles. The summed E-state index contributed by atoms with van der Waals surface area (Å²) in [6.07, 6.45) is 5.93. The fraction of sp³-hybridized carbons (Fsp3) is 0.421. The number of hydrogen-bond donors (Lipinski definition) is 0. The van der Waals surface area contributed by atoms with Crippen LogP contribution in [0.2, 0.25) is 0 Å². The van der Waals surface area contributed by atoms with Crippen molar-refractivity contribution in [1.29, 1.82) is 5.26 Å². The lowest BCUT2D eigenvalue weighted by atomic mass is 10.00. The Kier molecular flexibility index (Phi) is 4.57. The second kappa shape index (κ2) is 6.78. The number of anilines is 1. The molecular formula is C19H22N4. The minimum Gasteiger partial charge on any atom is -0.355 e. The zero-order valence-electron chi connectivity index (χ0n) is 13.7. The molecule has 3 heterocycles. The third-order valence-corrected chi connectivity index (χ3v) is 4.44. The highest BCUT2D eigenvalue weighted by atomic mass is 15.2. The van der Waals surface area contributed by atoms with Gasteiger partial charge in [0, 0.05) is 31.2 Å². The molecule has 1 saturated heterocycles. The van der Waals surface area contributed by atoms with Crippen LogP contribution >= 0.6 is 0 Å². The molecule has 4 nitrogen and oxygen atoms in total. The number of nitrogens with zero attached hydrogens (tertiary/aromatic N) is 4. The summed E-state index contributed by atoms with van der Waals surface area (Å²) in [5.41, 5.74) is 3.01. The first-order chi connectivity index (χ1) is 11.2. The van der Waals surface area contributed by atoms with E-state index in [0.717, 1.165) is 37.4 Å². The molecule has 1 aliphatic rings. The van der Waals surface area contributed by atoms with Gasteiger partial charge in [-0.2, -0.15) is 5.26 Å². The van der Waals surface area contributed by atoms with Gasteiger partial charge in [-0.25, -0.2) is 4.98 Å². The molecule has 0 radical (unpaired) electrons. The second-order valence-electron chi connectivity index (χ2n) is 6.54. The predicted molar refractivity (Wildman–Crippen MR) is 91.3 cm³/mol. The highest BCUT2D eigenvalue weighted by Gasteiger charge is 2.26. The van der Waals surface area contributed by atoms with Crippen molar-refractivity contribution in [2.75, 3.05) is 18.0 Å². The first-order valence-electron chi connectivity index (χ1n) is 8.22. The summed E-state index contributed by atoms with van der Waals surface area (Å²) in [7, 11) is 0. The molecule has 1 atom stereocenters. The molecule has 1 aliphatic heterocycles. The van der Waals surface area contributed by atoms with Crippen LogP contribution in [0.4, 0.5) is 5.82 Å². The van der Waals surface area contributed by atoms with E-state index in [-0.39, 0.29) is 0 Å². The Labute approximate surface area is 137 Å². The molecule has 1 fully saturated rings. The molecule has 0 amide bonds. The van der Waals surface area contributed by atoms with Crippen molar-refractivity contribution in [3.63, 3.8) is 0 Å². The third kappa shape index (κ3) is 3.50. The van der Waals surface area contributed by atoms with Crippen molar-refractivity contribution in [2.24, 2.45) is 5.92 Å². The van der Waals surface area contributed by atoms with Gasteiger partial charge in [0.05, 0.1) is 5.56 Å². The van der Waals surface area contributed by atoms with E-state index in [9.17, 15) is 5.26 Å². The Morgan fingerprint density at radius 2 is 2.22 bits per heavy atom. The zero-order valence-corrected chi connectivity index (χ0v) is 13.7. The van der Waals surface area contributed by atoms with Gasteiger partial charge in [-0.3, -0.25) is 4.98 Å². The Morgan fingerprint density at radius 1 is 1.35 bits per heavy atom. The van der Waals surface area contributed by atoms with Crippen LogP contribution in [0.5, 0.6) is 0 Å². The number of hydrogen-bond acceptors (Lipinski definition) is 4. The summed E-state index contributed by atoms with van der Waals surface area (Å²) >= 11 is 0. The number of aromatic nitrogens is 2. The van der Waals surface area contributed by atoms with Gasteiger partial charge in [0.25, 0.3) is 0 Å². The topological polar surface area (TPSA) is 52.8 Å². The van der Waals surface area contributed by atoms with Gasteiger partial charge in [0.1, 0.15) is 11.9 Å². The standard InChI is InChI=1S/C19H22N4/c1-14(2)18-6-5-17(11-20)19(22-18)23-9-7-16(13-23)10-15-4-3-8-21-12-15/h3-6,8,12,14,16H,7,9-10,13H2,1-2H3. The predicted octanol–water partition coefficient (Wildman–Crippen LogP) is 3.54. The van der Waals surface area contributed by atoms with Crippen molar-refractivity contribution in [3.05, 3.63) is 53.5 Å². The van der Waals surface area contributed by atoms with Gasteiger partial charge in [0.15, 0.2) is 0 Å². The van der Waals surface area contributed by atoms with Crippen LogP contribution in [-0.2, 0) is 6.42 Å². The lowest BCUT2D eigenvalue weighted by Crippen LogP contribution is -2.23. The summed E-state index contributed by atoms with van der Waals surface area (Å²) in [4.78, 5) is 11.2. The fourth-order valence-corrected chi connectivity index (χ4v) is 3.16. The number of nitriles is 1. The van der Waals surface area contributed by atoms with E-state index in [2.05, 4.69) is 35.9 Å². The van der Waals surface area contributed by atoms with Crippen molar-refractivity contribution in [1.82, 2.24) is 9.97 Å². The summed E-state index contributed by atoms with van der Waals surface area (Å²) in [6.45, 7) is 6.19. The molecule has 4 heteroatoms. The van der Waals surface area contributed by atoms with E-state index in [0.29, 0.717) is 17.4 Å². The Hall–Kier alpha value is -2.41. The van der Waals surface area contributed by atoms with Crippen molar-refractivity contribution < 1.29 is 0 Å². The van der Waals surface area contributed by atoms with E-state index < -0.39 is 0 Å². The highest BCUT2D eigenvalue weighted by molar-refractivity contribution is 5.55. The fourth-order valence-electron chi connectivity index (χ4n) is 3.16. The van der Waals surface area contributed by atoms with Crippen LogP contribution in [0.3, 0.4) is 0 Å². The molecule has 0 N–H and O–H groups in total. The van der Waals surface area contributed by atoms with E-state index in [1.54, 1.807) is 0 Å². The van der Waals surface area contributed by atoms with E-state index in [4.69, 9.17) is 4.98 Å². The molecule has 0 aromatic carbocycles. The molecule has 0 aliphatic carbocycles. The molecule has 0 saturated carbocycles. The molecule has 3 rings (SSSR count). The molecule has 23 heavy (non-hydrogen) atoms. The molecular weight excluding hydrogens is 284 g/mol. The zero-order chi connectivity index (χ0) is 16.2. The summed E-state index contributed by atoms with van der Waals surface area (Å²) in [5.74, 6) is 1.82. The summed E-state index contributed by atoms with van der Waals surface area (Å²) in [5, 5.41) is 9.38. The molecule has 118 valence electrons. The molecule has 1 unspecified atom stereocenters. The maximum Gasteiger partial charge on any atom is 0.146 e. The van der Waals surface area contributed by atoms with Gasteiger partial charge in [-0.15, -0.1) is 0 Å². The quantitative estimate of drug-likeness (QED) is 0.867. The van der Waals surface area contributed by atoms with Crippen molar-refractivity contribution >= 4 is 5.82 Å². The largest absolute Gasteiger partial charge is 0.355 e. The smallest absolute Gasteiger partial charge is 0.146 e. The highest BCUT2D eigenvalue weighted by Crippen LogP contribution is 2.28. The maximum absolute atomic E-state index is 9.38. The lowest BCUT2D eigenvalue weighted by Gasteiger charge is -2.20. The summed E-state index contributed by atoms with van der Waals surface area (Å²) in [6, 6.07) is 10.3. The Bertz CT molecular complexity index is 703. The number of pyridine rings is 2. The van der Waals surface area contributed by atoms with Crippen molar-refractivity contribution in [3.8, 4) is 6.07 Å².